The first-order chi connectivity index (χ1) is 11.7. The Labute approximate surface area is 146 Å². The van der Waals surface area contributed by atoms with Crippen LogP contribution in [0.2, 0.25) is 0 Å². The van der Waals surface area contributed by atoms with Gasteiger partial charge in [-0.05, 0) is 44.4 Å². The molecule has 3 rings (SSSR count). The molecule has 0 amide bonds. The summed E-state index contributed by atoms with van der Waals surface area (Å²) in [5.74, 6) is 0.675. The molecule has 0 aromatic carbocycles. The molecule has 2 heterocycles. The first-order valence-corrected chi connectivity index (χ1v) is 10.2. The average molecular weight is 338 g/mol. The highest BCUT2D eigenvalue weighted by Crippen LogP contribution is 2.43. The van der Waals surface area contributed by atoms with Crippen LogP contribution in [0.5, 0.6) is 0 Å². The summed E-state index contributed by atoms with van der Waals surface area (Å²) in [5, 5.41) is 8.68. The number of ether oxygens (including phenoxy) is 2. The quantitative estimate of drug-likeness (QED) is 0.594. The minimum Gasteiger partial charge on any atom is -0.481 e. The maximum atomic E-state index is 10.5. The Morgan fingerprint density at radius 2 is 1.71 bits per heavy atom. The van der Waals surface area contributed by atoms with Crippen LogP contribution in [-0.2, 0) is 14.3 Å². The molecule has 4 heteroatoms. The van der Waals surface area contributed by atoms with Crippen molar-refractivity contribution in [1.29, 1.82) is 0 Å². The molecule has 3 aliphatic rings. The molecule has 1 N–H and O–H groups in total. The van der Waals surface area contributed by atoms with Crippen molar-refractivity contribution < 1.29 is 19.4 Å². The second-order valence-corrected chi connectivity index (χ2v) is 8.10. The number of rotatable bonds is 10. The van der Waals surface area contributed by atoms with Crippen LogP contribution in [0.4, 0.5) is 0 Å². The monoisotopic (exact) mass is 338 g/mol. The summed E-state index contributed by atoms with van der Waals surface area (Å²) in [6, 6.07) is 0. The molecule has 0 unspecified atom stereocenters. The van der Waals surface area contributed by atoms with E-state index in [1.54, 1.807) is 0 Å². The van der Waals surface area contributed by atoms with Crippen LogP contribution < -0.4 is 0 Å². The highest BCUT2D eigenvalue weighted by Gasteiger charge is 2.49. The fraction of sp³-hybridized carbons (Fsp3) is 0.950. The van der Waals surface area contributed by atoms with Gasteiger partial charge in [0.25, 0.3) is 0 Å². The molecule has 4 atom stereocenters. The normalized spacial score (nSPS) is 33.2. The number of carboxylic acids is 1. The van der Waals surface area contributed by atoms with Gasteiger partial charge in [-0.15, -0.1) is 0 Å². The summed E-state index contributed by atoms with van der Waals surface area (Å²) >= 11 is 0. The van der Waals surface area contributed by atoms with E-state index < -0.39 is 5.97 Å². The smallest absolute Gasteiger partial charge is 0.303 e. The number of hydrogen-bond donors (Lipinski definition) is 1. The van der Waals surface area contributed by atoms with E-state index in [9.17, 15) is 4.79 Å². The van der Waals surface area contributed by atoms with Crippen molar-refractivity contribution in [2.45, 2.75) is 102 Å². The molecule has 2 aliphatic heterocycles. The standard InChI is InChI=1S/C20H34O4/c21-19(22)11-7-2-1-6-10-16-17-12-13-18(24-17)20(16)23-14-15-8-4-3-5-9-15/h15-18,20H,1-14H2,(H,21,22)/t16-,17+,18-,20-/m1/s1. The van der Waals surface area contributed by atoms with Crippen LogP contribution in [0.3, 0.4) is 0 Å². The first-order valence-electron chi connectivity index (χ1n) is 10.2. The van der Waals surface area contributed by atoms with E-state index in [0.29, 0.717) is 30.7 Å². The summed E-state index contributed by atoms with van der Waals surface area (Å²) in [7, 11) is 0. The van der Waals surface area contributed by atoms with E-state index >= 15 is 0 Å². The Bertz CT molecular complexity index is 391. The second kappa shape index (κ2) is 9.19. The molecular formula is C20H34O4. The summed E-state index contributed by atoms with van der Waals surface area (Å²) in [5.41, 5.74) is 0. The molecular weight excluding hydrogens is 304 g/mol. The van der Waals surface area contributed by atoms with Gasteiger partial charge in [-0.25, -0.2) is 0 Å². The fourth-order valence-corrected chi connectivity index (χ4v) is 4.92. The van der Waals surface area contributed by atoms with Gasteiger partial charge in [0, 0.05) is 18.9 Å². The molecule has 4 nitrogen and oxygen atoms in total. The Morgan fingerprint density at radius 3 is 2.50 bits per heavy atom. The third-order valence-corrected chi connectivity index (χ3v) is 6.28. The minimum atomic E-state index is -0.673. The molecule has 2 bridgehead atoms. The zero-order chi connectivity index (χ0) is 16.8. The van der Waals surface area contributed by atoms with Crippen LogP contribution in [0.15, 0.2) is 0 Å². The molecule has 0 aromatic heterocycles. The van der Waals surface area contributed by atoms with Crippen molar-refractivity contribution >= 4 is 5.97 Å². The van der Waals surface area contributed by atoms with Crippen molar-refractivity contribution in [3.63, 3.8) is 0 Å². The van der Waals surface area contributed by atoms with E-state index in [2.05, 4.69) is 0 Å². The van der Waals surface area contributed by atoms with Crippen molar-refractivity contribution in [2.75, 3.05) is 6.61 Å². The Balaban J connectivity index is 1.37. The fourth-order valence-electron chi connectivity index (χ4n) is 4.92. The average Bonchev–Trinajstić information content (AvgIpc) is 3.18. The summed E-state index contributed by atoms with van der Waals surface area (Å²) in [4.78, 5) is 10.5. The summed E-state index contributed by atoms with van der Waals surface area (Å²) < 4.78 is 12.5. The predicted molar refractivity (Wildman–Crippen MR) is 93.0 cm³/mol. The number of hydrogen-bond acceptors (Lipinski definition) is 3. The van der Waals surface area contributed by atoms with Crippen molar-refractivity contribution in [2.24, 2.45) is 11.8 Å². The molecule has 24 heavy (non-hydrogen) atoms. The number of fused-ring (bicyclic) bond motifs is 2. The van der Waals surface area contributed by atoms with Crippen molar-refractivity contribution in [1.82, 2.24) is 0 Å². The van der Waals surface area contributed by atoms with Crippen molar-refractivity contribution in [3.8, 4) is 0 Å². The molecule has 1 saturated carbocycles. The van der Waals surface area contributed by atoms with Gasteiger partial charge in [0.2, 0.25) is 0 Å². The largest absolute Gasteiger partial charge is 0.481 e. The number of unbranched alkanes of at least 4 members (excludes halogenated alkanes) is 3. The molecule has 1 aliphatic carbocycles. The zero-order valence-electron chi connectivity index (χ0n) is 15.0. The van der Waals surface area contributed by atoms with Gasteiger partial charge < -0.3 is 14.6 Å². The lowest BCUT2D eigenvalue weighted by Gasteiger charge is -2.30. The lowest BCUT2D eigenvalue weighted by molar-refractivity contribution is -0.137. The van der Waals surface area contributed by atoms with Gasteiger partial charge >= 0.3 is 5.97 Å². The third-order valence-electron chi connectivity index (χ3n) is 6.28. The minimum absolute atomic E-state index is 0.310. The topological polar surface area (TPSA) is 55.8 Å². The highest BCUT2D eigenvalue weighted by atomic mass is 16.6. The third kappa shape index (κ3) is 4.95. The number of aliphatic carboxylic acids is 1. The maximum absolute atomic E-state index is 10.5. The van der Waals surface area contributed by atoms with E-state index in [1.807, 2.05) is 0 Å². The predicted octanol–water partition coefficient (Wildman–Crippen LogP) is 4.55. The molecule has 3 fully saturated rings. The first kappa shape index (κ1) is 18.2. The Kier molecular flexibility index (Phi) is 6.96. The van der Waals surface area contributed by atoms with Gasteiger partial charge in [-0.2, -0.15) is 0 Å². The van der Waals surface area contributed by atoms with E-state index in [4.69, 9.17) is 14.6 Å². The SMILES string of the molecule is O=C(O)CCCCCC[C@H]1[C@@H](OCC2CCCCC2)[C@H]2CC[C@@H]1O2. The molecule has 0 aromatic rings. The van der Waals surface area contributed by atoms with Crippen LogP contribution in [0.25, 0.3) is 0 Å². The van der Waals surface area contributed by atoms with Crippen LogP contribution in [0, 0.1) is 11.8 Å². The van der Waals surface area contributed by atoms with Gasteiger partial charge in [-0.1, -0.05) is 38.5 Å². The van der Waals surface area contributed by atoms with E-state index in [0.717, 1.165) is 31.8 Å². The highest BCUT2D eigenvalue weighted by molar-refractivity contribution is 5.66. The van der Waals surface area contributed by atoms with Gasteiger partial charge in [-0.3, -0.25) is 4.79 Å². The van der Waals surface area contributed by atoms with Gasteiger partial charge in [0.05, 0.1) is 18.3 Å². The lowest BCUT2D eigenvalue weighted by Crippen LogP contribution is -2.36. The van der Waals surface area contributed by atoms with Crippen LogP contribution in [-0.4, -0.2) is 36.0 Å². The van der Waals surface area contributed by atoms with E-state index in [-0.39, 0.29) is 0 Å². The van der Waals surface area contributed by atoms with Gasteiger partial charge in [0.15, 0.2) is 0 Å². The Hall–Kier alpha value is -0.610. The Morgan fingerprint density at radius 1 is 0.958 bits per heavy atom. The molecule has 2 saturated heterocycles. The molecule has 138 valence electrons. The summed E-state index contributed by atoms with van der Waals surface area (Å²) in [6.45, 7) is 0.937. The van der Waals surface area contributed by atoms with Crippen LogP contribution in [0.1, 0.15) is 83.5 Å². The summed E-state index contributed by atoms with van der Waals surface area (Å²) in [6.07, 6.45) is 16.0. The van der Waals surface area contributed by atoms with Gasteiger partial charge in [0.1, 0.15) is 0 Å². The van der Waals surface area contributed by atoms with Crippen LogP contribution >= 0.6 is 0 Å². The number of carbonyl (C=O) groups is 1. The molecule has 0 spiro atoms. The lowest BCUT2D eigenvalue weighted by atomic mass is 9.82. The maximum Gasteiger partial charge on any atom is 0.303 e. The van der Waals surface area contributed by atoms with E-state index in [1.165, 1.54) is 57.8 Å². The zero-order valence-corrected chi connectivity index (χ0v) is 15.0. The second-order valence-electron chi connectivity index (χ2n) is 8.10. The number of carboxylic acid groups (broad SMARTS) is 1. The molecule has 0 radical (unpaired) electrons. The van der Waals surface area contributed by atoms with Crippen molar-refractivity contribution in [3.05, 3.63) is 0 Å².